The Labute approximate surface area is 104 Å². The van der Waals surface area contributed by atoms with E-state index in [0.717, 1.165) is 29.5 Å². The van der Waals surface area contributed by atoms with E-state index >= 15 is 0 Å². The van der Waals surface area contributed by atoms with Gasteiger partial charge in [-0.1, -0.05) is 17.7 Å². The second kappa shape index (κ2) is 5.27. The number of hydrogen-bond donors (Lipinski definition) is 1. The molecule has 0 fully saturated rings. The largest absolute Gasteiger partial charge is 0.370 e. The molecule has 2 aromatic rings. The van der Waals surface area contributed by atoms with Gasteiger partial charge in [0.25, 0.3) is 0 Å². The second-order valence-corrected chi connectivity index (χ2v) is 4.73. The number of rotatable bonds is 4. The van der Waals surface area contributed by atoms with Crippen LogP contribution in [0.15, 0.2) is 23.6 Å². The number of anilines is 1. The van der Waals surface area contributed by atoms with E-state index in [1.807, 2.05) is 19.1 Å². The molecule has 0 spiro atoms. The zero-order chi connectivity index (χ0) is 11.4. The van der Waals surface area contributed by atoms with Crippen LogP contribution in [0.2, 0.25) is 5.15 Å². The average molecular weight is 254 g/mol. The lowest BCUT2D eigenvalue weighted by Gasteiger charge is -2.03. The smallest absolute Gasteiger partial charge is 0.131 e. The van der Waals surface area contributed by atoms with E-state index in [1.54, 1.807) is 17.4 Å². The third-order valence-corrected chi connectivity index (χ3v) is 3.26. The minimum absolute atomic E-state index is 0.509. The summed E-state index contributed by atoms with van der Waals surface area (Å²) in [7, 11) is 0. The number of nitrogens with zero attached hydrogens (tertiary/aromatic N) is 2. The van der Waals surface area contributed by atoms with Gasteiger partial charge in [0, 0.05) is 24.0 Å². The monoisotopic (exact) mass is 253 g/mol. The Hall–Kier alpha value is -1.13. The molecule has 0 amide bonds. The molecular weight excluding hydrogens is 242 g/mol. The van der Waals surface area contributed by atoms with Crippen LogP contribution in [0.3, 0.4) is 0 Å². The lowest BCUT2D eigenvalue weighted by Crippen LogP contribution is -2.05. The summed E-state index contributed by atoms with van der Waals surface area (Å²) in [6.07, 6.45) is 0.909. The fraction of sp³-hybridized carbons (Fsp3) is 0.273. The summed E-state index contributed by atoms with van der Waals surface area (Å²) < 4.78 is 0. The van der Waals surface area contributed by atoms with E-state index in [0.29, 0.717) is 5.15 Å². The van der Waals surface area contributed by atoms with Crippen molar-refractivity contribution in [3.8, 4) is 0 Å². The Bertz CT molecular complexity index is 470. The molecule has 84 valence electrons. The first-order chi connectivity index (χ1) is 7.74. The maximum absolute atomic E-state index is 5.78. The van der Waals surface area contributed by atoms with Gasteiger partial charge in [0.15, 0.2) is 0 Å². The van der Waals surface area contributed by atoms with Gasteiger partial charge in [0.1, 0.15) is 11.0 Å². The first kappa shape index (κ1) is 11.4. The molecule has 2 rings (SSSR count). The van der Waals surface area contributed by atoms with Crippen molar-refractivity contribution in [3.63, 3.8) is 0 Å². The van der Waals surface area contributed by atoms with Crippen molar-refractivity contribution in [3.05, 3.63) is 39.4 Å². The SMILES string of the molecule is Cc1csc(CCNc2cccc(Cl)n2)n1. The van der Waals surface area contributed by atoms with Gasteiger partial charge in [-0.15, -0.1) is 11.3 Å². The van der Waals surface area contributed by atoms with Gasteiger partial charge in [-0.2, -0.15) is 0 Å². The molecule has 0 bridgehead atoms. The number of halogens is 1. The first-order valence-corrected chi connectivity index (χ1v) is 6.27. The molecule has 0 saturated carbocycles. The minimum Gasteiger partial charge on any atom is -0.370 e. The van der Waals surface area contributed by atoms with Crippen molar-refractivity contribution in [1.82, 2.24) is 9.97 Å². The Morgan fingerprint density at radius 1 is 1.38 bits per heavy atom. The summed E-state index contributed by atoms with van der Waals surface area (Å²) in [5, 5.41) is 6.93. The Kier molecular flexibility index (Phi) is 3.74. The van der Waals surface area contributed by atoms with Gasteiger partial charge >= 0.3 is 0 Å². The standard InChI is InChI=1S/C11H12ClN3S/c1-8-7-16-11(14-8)5-6-13-10-4-2-3-9(12)15-10/h2-4,7H,5-6H2,1H3,(H,13,15). The van der Waals surface area contributed by atoms with Crippen molar-refractivity contribution in [2.75, 3.05) is 11.9 Å². The molecule has 1 N–H and O–H groups in total. The molecule has 5 heteroatoms. The second-order valence-electron chi connectivity index (χ2n) is 3.40. The minimum atomic E-state index is 0.509. The summed E-state index contributed by atoms with van der Waals surface area (Å²) in [4.78, 5) is 8.54. The van der Waals surface area contributed by atoms with Crippen molar-refractivity contribution >= 4 is 28.8 Å². The highest BCUT2D eigenvalue weighted by molar-refractivity contribution is 7.09. The first-order valence-electron chi connectivity index (χ1n) is 5.01. The highest BCUT2D eigenvalue weighted by atomic mass is 35.5. The quantitative estimate of drug-likeness (QED) is 0.851. The summed E-state index contributed by atoms with van der Waals surface area (Å²) >= 11 is 7.47. The Morgan fingerprint density at radius 2 is 2.25 bits per heavy atom. The molecule has 0 aromatic carbocycles. The van der Waals surface area contributed by atoms with Crippen LogP contribution in [-0.2, 0) is 6.42 Å². The van der Waals surface area contributed by atoms with Crippen molar-refractivity contribution in [1.29, 1.82) is 0 Å². The lowest BCUT2D eigenvalue weighted by molar-refractivity contribution is 0.978. The van der Waals surface area contributed by atoms with Gasteiger partial charge in [0.2, 0.25) is 0 Å². The van der Waals surface area contributed by atoms with Crippen LogP contribution in [0.5, 0.6) is 0 Å². The number of aryl methyl sites for hydroxylation is 1. The van der Waals surface area contributed by atoms with Gasteiger partial charge in [0.05, 0.1) is 5.01 Å². The van der Waals surface area contributed by atoms with Crippen LogP contribution in [0, 0.1) is 6.92 Å². The van der Waals surface area contributed by atoms with E-state index in [2.05, 4.69) is 20.7 Å². The number of hydrogen-bond acceptors (Lipinski definition) is 4. The van der Waals surface area contributed by atoms with Crippen LogP contribution in [0.25, 0.3) is 0 Å². The summed E-state index contributed by atoms with van der Waals surface area (Å²) in [5.41, 5.74) is 1.08. The third-order valence-electron chi connectivity index (χ3n) is 2.03. The molecule has 0 radical (unpaired) electrons. The predicted octanol–water partition coefficient (Wildman–Crippen LogP) is 3.15. The van der Waals surface area contributed by atoms with E-state index in [-0.39, 0.29) is 0 Å². The molecule has 0 saturated heterocycles. The van der Waals surface area contributed by atoms with Crippen LogP contribution in [0.1, 0.15) is 10.7 Å². The molecule has 0 aliphatic rings. The molecule has 2 aromatic heterocycles. The molecule has 0 aliphatic carbocycles. The maximum Gasteiger partial charge on any atom is 0.131 e. The average Bonchev–Trinajstić information content (AvgIpc) is 2.64. The van der Waals surface area contributed by atoms with Crippen molar-refractivity contribution < 1.29 is 0 Å². The molecule has 16 heavy (non-hydrogen) atoms. The van der Waals surface area contributed by atoms with Gasteiger partial charge in [-0.05, 0) is 19.1 Å². The van der Waals surface area contributed by atoms with Crippen LogP contribution < -0.4 is 5.32 Å². The Balaban J connectivity index is 1.84. The van der Waals surface area contributed by atoms with Crippen LogP contribution in [0.4, 0.5) is 5.82 Å². The van der Waals surface area contributed by atoms with Crippen LogP contribution >= 0.6 is 22.9 Å². The molecule has 0 aliphatic heterocycles. The summed E-state index contributed by atoms with van der Waals surface area (Å²) in [5.74, 6) is 0.806. The summed E-state index contributed by atoms with van der Waals surface area (Å²) in [6.45, 7) is 2.83. The van der Waals surface area contributed by atoms with E-state index in [4.69, 9.17) is 11.6 Å². The van der Waals surface area contributed by atoms with Crippen molar-refractivity contribution in [2.24, 2.45) is 0 Å². The van der Waals surface area contributed by atoms with Gasteiger partial charge in [-0.3, -0.25) is 0 Å². The summed E-state index contributed by atoms with van der Waals surface area (Å²) in [6, 6.07) is 5.54. The zero-order valence-electron chi connectivity index (χ0n) is 8.90. The fourth-order valence-corrected chi connectivity index (χ4v) is 2.26. The van der Waals surface area contributed by atoms with Gasteiger partial charge in [-0.25, -0.2) is 9.97 Å². The molecule has 0 unspecified atom stereocenters. The van der Waals surface area contributed by atoms with Crippen molar-refractivity contribution in [2.45, 2.75) is 13.3 Å². The molecule has 2 heterocycles. The highest BCUT2D eigenvalue weighted by Gasteiger charge is 1.99. The fourth-order valence-electron chi connectivity index (χ4n) is 1.32. The van der Waals surface area contributed by atoms with E-state index < -0.39 is 0 Å². The number of pyridine rings is 1. The van der Waals surface area contributed by atoms with Crippen LogP contribution in [-0.4, -0.2) is 16.5 Å². The number of thiazole rings is 1. The topological polar surface area (TPSA) is 37.8 Å². The highest BCUT2D eigenvalue weighted by Crippen LogP contribution is 2.11. The maximum atomic E-state index is 5.78. The molecule has 0 atom stereocenters. The third kappa shape index (κ3) is 3.18. The molecule has 3 nitrogen and oxygen atoms in total. The predicted molar refractivity (Wildman–Crippen MR) is 68.3 cm³/mol. The molecular formula is C11H12ClN3S. The Morgan fingerprint density at radius 3 is 2.94 bits per heavy atom. The zero-order valence-corrected chi connectivity index (χ0v) is 10.5. The lowest BCUT2D eigenvalue weighted by atomic mass is 10.4. The number of nitrogens with one attached hydrogen (secondary N) is 1. The van der Waals surface area contributed by atoms with Gasteiger partial charge < -0.3 is 5.32 Å². The van der Waals surface area contributed by atoms with E-state index in [9.17, 15) is 0 Å². The normalized spacial score (nSPS) is 10.4. The number of aromatic nitrogens is 2. The van der Waals surface area contributed by atoms with E-state index in [1.165, 1.54) is 0 Å².